The van der Waals surface area contributed by atoms with Crippen LogP contribution in [-0.4, -0.2) is 30.1 Å². The number of aromatic hydroxyl groups is 5. The molecule has 0 aliphatic heterocycles. The largest absolute Gasteiger partial charge is 0.505 e. The van der Waals surface area contributed by atoms with Crippen LogP contribution < -0.4 is 0 Å². The first-order valence-corrected chi connectivity index (χ1v) is 21.7. The first-order valence-electron chi connectivity index (χ1n) is 21.7. The van der Waals surface area contributed by atoms with Gasteiger partial charge in [-0.05, 0) is 98.1 Å². The summed E-state index contributed by atoms with van der Waals surface area (Å²) in [5.74, 6) is -2.46. The van der Waals surface area contributed by atoms with Crippen molar-refractivity contribution >= 4 is 60.1 Å². The number of benzene rings is 8. The molecule has 0 amide bonds. The first-order chi connectivity index (χ1) is 31.7. The molecule has 0 spiro atoms. The zero-order chi connectivity index (χ0) is 44.6. The molecule has 8 aromatic carbocycles. The molecular weight excluding hydrogens is 811 g/mol. The molecule has 318 valence electrons. The Hall–Kier alpha value is -8.36. The zero-order valence-electron chi connectivity index (χ0n) is 35.6. The van der Waals surface area contributed by atoms with Gasteiger partial charge in [0, 0.05) is 16.8 Å². The number of phenolic OH excluding ortho intramolecular Hbond substituents is 5. The van der Waals surface area contributed by atoms with Crippen molar-refractivity contribution in [3.63, 3.8) is 0 Å². The lowest BCUT2D eigenvalue weighted by molar-refractivity contribution is 0.0876. The second-order valence-corrected chi connectivity index (χ2v) is 16.6. The van der Waals surface area contributed by atoms with Crippen LogP contribution in [0.4, 0.5) is 0 Å². The normalized spacial score (nSPS) is 16.1. The molecule has 1 atom stereocenters. The monoisotopic (exact) mass is 853 g/mol. The van der Waals surface area contributed by atoms with Gasteiger partial charge in [-0.15, -0.1) is 0 Å². The highest BCUT2D eigenvalue weighted by atomic mass is 17.0. The van der Waals surface area contributed by atoms with Gasteiger partial charge < -0.3 is 25.5 Å². The molecule has 2 aliphatic carbocycles. The summed E-state index contributed by atoms with van der Waals surface area (Å²) in [4.78, 5) is 0. The highest BCUT2D eigenvalue weighted by molar-refractivity contribution is 6.16. The van der Waals surface area contributed by atoms with E-state index in [1.807, 2.05) is 159 Å². The maximum Gasteiger partial charge on any atom is 0.248 e. The molecule has 0 saturated carbocycles. The number of aromatic nitrogens is 1. The van der Waals surface area contributed by atoms with Gasteiger partial charge in [0.1, 0.15) is 16.8 Å². The van der Waals surface area contributed by atoms with E-state index in [4.69, 9.17) is 9.15 Å². The highest BCUT2D eigenvalue weighted by Crippen LogP contribution is 2.63. The number of allylic oxidation sites excluding steroid dienone is 10. The summed E-state index contributed by atoms with van der Waals surface area (Å²) in [6.45, 7) is 4.05. The van der Waals surface area contributed by atoms with Crippen LogP contribution in [0, 0.1) is 0 Å². The summed E-state index contributed by atoms with van der Waals surface area (Å²) < 4.78 is 13.8. The summed E-state index contributed by atoms with van der Waals surface area (Å²) in [5, 5.41) is 69.2. The molecule has 1 aromatic heterocycles. The highest BCUT2D eigenvalue weighted by Gasteiger charge is 2.50. The lowest BCUT2D eigenvalue weighted by atomic mass is 9.66. The van der Waals surface area contributed by atoms with Crippen molar-refractivity contribution in [1.29, 1.82) is 0 Å². The van der Waals surface area contributed by atoms with Gasteiger partial charge in [0.2, 0.25) is 11.2 Å². The second kappa shape index (κ2) is 15.2. The Balaban J connectivity index is 1.36. The predicted molar refractivity (Wildman–Crippen MR) is 259 cm³/mol. The van der Waals surface area contributed by atoms with Crippen molar-refractivity contribution in [2.75, 3.05) is 0 Å². The van der Waals surface area contributed by atoms with E-state index in [1.54, 1.807) is 6.07 Å². The smallest absolute Gasteiger partial charge is 0.248 e. The van der Waals surface area contributed by atoms with Crippen LogP contribution in [0.5, 0.6) is 28.7 Å². The SMILES string of the molecule is CC/C=C\C1=C(C)C(C2=CC=CCC=C2)(c2ccccc2)c2c1c(O)c1ooc3c(O)c(-c4cc5ccccc5c5ccccc45)c(O)c(O)c3n(-c3ccc4ccccc4c3)c1c2O. The van der Waals surface area contributed by atoms with Gasteiger partial charge in [0.05, 0.1) is 11.0 Å². The van der Waals surface area contributed by atoms with E-state index in [0.29, 0.717) is 46.2 Å². The Bertz CT molecular complexity index is 3680. The lowest BCUT2D eigenvalue weighted by Gasteiger charge is -2.36. The average molecular weight is 854 g/mol. The van der Waals surface area contributed by atoms with E-state index in [1.165, 1.54) is 4.57 Å². The Morgan fingerprint density at radius 3 is 2.02 bits per heavy atom. The van der Waals surface area contributed by atoms with Crippen molar-refractivity contribution in [3.05, 3.63) is 198 Å². The van der Waals surface area contributed by atoms with Crippen LogP contribution >= 0.6 is 0 Å². The number of nitrogens with zero attached hydrogens (tertiary/aromatic N) is 1. The van der Waals surface area contributed by atoms with Crippen molar-refractivity contribution in [2.24, 2.45) is 0 Å². The van der Waals surface area contributed by atoms with E-state index in [9.17, 15) is 25.5 Å². The number of rotatable bonds is 6. The van der Waals surface area contributed by atoms with Gasteiger partial charge in [-0.3, -0.25) is 13.7 Å². The third-order valence-electron chi connectivity index (χ3n) is 13.2. The molecule has 1 unspecified atom stereocenters. The molecule has 2 aliphatic rings. The molecule has 8 heteroatoms. The van der Waals surface area contributed by atoms with Gasteiger partial charge in [-0.1, -0.05) is 159 Å². The third kappa shape index (κ3) is 5.70. The minimum Gasteiger partial charge on any atom is -0.505 e. The molecule has 0 fully saturated rings. The van der Waals surface area contributed by atoms with Gasteiger partial charge in [-0.25, -0.2) is 0 Å². The number of hydrogen-bond donors (Lipinski definition) is 5. The zero-order valence-corrected chi connectivity index (χ0v) is 35.6. The van der Waals surface area contributed by atoms with Gasteiger partial charge >= 0.3 is 0 Å². The lowest BCUT2D eigenvalue weighted by Crippen LogP contribution is -2.29. The molecule has 11 rings (SSSR count). The Kier molecular flexibility index (Phi) is 9.22. The summed E-state index contributed by atoms with van der Waals surface area (Å²) in [6, 6.07) is 40.5. The Morgan fingerprint density at radius 2 is 1.26 bits per heavy atom. The Morgan fingerprint density at radius 1 is 0.615 bits per heavy atom. The summed E-state index contributed by atoms with van der Waals surface area (Å²) in [6.07, 6.45) is 15.6. The quantitative estimate of drug-likeness (QED) is 0.0487. The molecule has 0 bridgehead atoms. The standard InChI is InChI=1S/C57H43NO7/c1-3-4-25-40-33(2)57(38-23-10-7-11-24-38,37-21-8-5-6-9-22-37)47-45(40)51(60)55-48(53(47)62)58(39-30-29-34-18-12-13-19-35(34)31-39)49-54(63)50(59)46(52(61)56(49)65-64-55)44-32-36-20-14-15-26-41(36)42-27-16-17-28-43(42)44/h4-5,7-32,59-63H,3,6H2,1-2H3/b25-4-. The van der Waals surface area contributed by atoms with Gasteiger partial charge in [-0.2, -0.15) is 0 Å². The fourth-order valence-corrected chi connectivity index (χ4v) is 10.3. The summed E-state index contributed by atoms with van der Waals surface area (Å²) in [5.41, 5.74) is 2.55. The van der Waals surface area contributed by atoms with Crippen molar-refractivity contribution in [3.8, 4) is 45.6 Å². The topological polar surface area (TPSA) is 132 Å². The van der Waals surface area contributed by atoms with E-state index in [0.717, 1.165) is 43.6 Å². The molecule has 65 heavy (non-hydrogen) atoms. The van der Waals surface area contributed by atoms with Crippen molar-refractivity contribution < 1.29 is 34.7 Å². The molecule has 8 nitrogen and oxygen atoms in total. The molecule has 5 N–H and O–H groups in total. The van der Waals surface area contributed by atoms with Gasteiger partial charge in [0.25, 0.3) is 0 Å². The number of phenols is 5. The number of hydrogen-bond acceptors (Lipinski definition) is 7. The van der Waals surface area contributed by atoms with E-state index in [-0.39, 0.29) is 39.3 Å². The fourth-order valence-electron chi connectivity index (χ4n) is 10.3. The molecule has 0 radical (unpaired) electrons. The van der Waals surface area contributed by atoms with Gasteiger partial charge in [0.15, 0.2) is 23.0 Å². The van der Waals surface area contributed by atoms with Crippen LogP contribution in [0.3, 0.4) is 0 Å². The van der Waals surface area contributed by atoms with Crippen LogP contribution in [0.1, 0.15) is 43.4 Å². The van der Waals surface area contributed by atoms with E-state index < -0.39 is 22.7 Å². The van der Waals surface area contributed by atoms with E-state index >= 15 is 0 Å². The molecule has 9 aromatic rings. The molecule has 1 heterocycles. The number of fused-ring (bicyclic) bond motifs is 7. The third-order valence-corrected chi connectivity index (χ3v) is 13.2. The minimum absolute atomic E-state index is 0.0872. The van der Waals surface area contributed by atoms with Crippen LogP contribution in [0.15, 0.2) is 190 Å². The Labute approximate surface area is 373 Å². The van der Waals surface area contributed by atoms with Crippen molar-refractivity contribution in [2.45, 2.75) is 32.1 Å². The second-order valence-electron chi connectivity index (χ2n) is 16.6. The maximum atomic E-state index is 13.5. The van der Waals surface area contributed by atoms with Crippen LogP contribution in [-0.2, 0) is 5.41 Å². The van der Waals surface area contributed by atoms with Crippen molar-refractivity contribution in [1.82, 2.24) is 4.57 Å². The maximum absolute atomic E-state index is 13.5. The fraction of sp³-hybridized carbons (Fsp3) is 0.0877. The average Bonchev–Trinajstić information content (AvgIpc) is 3.56. The summed E-state index contributed by atoms with van der Waals surface area (Å²) in [7, 11) is 0. The minimum atomic E-state index is -1.16. The predicted octanol–water partition coefficient (Wildman–Crippen LogP) is 14.2. The van der Waals surface area contributed by atoms with Crippen LogP contribution in [0.25, 0.3) is 76.9 Å². The molecule has 0 saturated heterocycles. The summed E-state index contributed by atoms with van der Waals surface area (Å²) >= 11 is 0. The van der Waals surface area contributed by atoms with E-state index in [2.05, 4.69) is 18.2 Å². The first kappa shape index (κ1) is 39.5. The molecular formula is C57H43NO7. The van der Waals surface area contributed by atoms with Crippen LogP contribution in [0.2, 0.25) is 0 Å².